The highest BCUT2D eigenvalue weighted by Gasteiger charge is 2.35. The molecule has 1 aromatic heterocycles. The van der Waals surface area contributed by atoms with Crippen LogP contribution in [-0.2, 0) is 6.42 Å². The lowest BCUT2D eigenvalue weighted by molar-refractivity contribution is 0.258. The van der Waals surface area contributed by atoms with Gasteiger partial charge in [-0.3, -0.25) is 0 Å². The highest BCUT2D eigenvalue weighted by molar-refractivity contribution is 7.15. The largest absolute Gasteiger partial charge is 0.351 e. The van der Waals surface area contributed by atoms with E-state index >= 15 is 0 Å². The maximum Gasteiger partial charge on any atom is 0.185 e. The number of nitrogens with zero attached hydrogens (tertiary/aromatic N) is 2. The lowest BCUT2D eigenvalue weighted by Gasteiger charge is -2.34. The fourth-order valence-corrected chi connectivity index (χ4v) is 4.46. The van der Waals surface area contributed by atoms with Gasteiger partial charge in [0.2, 0.25) is 0 Å². The number of nitrogens with one attached hydrogen (secondary N) is 1. The summed E-state index contributed by atoms with van der Waals surface area (Å²) in [6.07, 6.45) is 6.36. The van der Waals surface area contributed by atoms with E-state index in [0.29, 0.717) is 11.5 Å². The van der Waals surface area contributed by atoms with E-state index in [2.05, 4.69) is 38.0 Å². The van der Waals surface area contributed by atoms with Gasteiger partial charge in [0.15, 0.2) is 5.13 Å². The minimum Gasteiger partial charge on any atom is -0.351 e. The molecule has 1 N–H and O–H groups in total. The van der Waals surface area contributed by atoms with Crippen LogP contribution in [0.2, 0.25) is 0 Å². The molecule has 2 aliphatic carbocycles. The molecule has 2 aliphatic rings. The standard InChI is InChI=1S/C17H29N3S/c1-5-8-18-13-9-17(2,3)10-14-15(13)21-16(19-14)20(4)11-12-6-7-12/h12-13,18H,5-11H2,1-4H3. The van der Waals surface area contributed by atoms with E-state index in [1.54, 1.807) is 0 Å². The zero-order valence-electron chi connectivity index (χ0n) is 13.9. The number of thiazole rings is 1. The van der Waals surface area contributed by atoms with Crippen LogP contribution in [0.3, 0.4) is 0 Å². The van der Waals surface area contributed by atoms with E-state index in [0.717, 1.165) is 18.9 Å². The second-order valence-corrected chi connectivity index (χ2v) is 8.69. The summed E-state index contributed by atoms with van der Waals surface area (Å²) < 4.78 is 0. The monoisotopic (exact) mass is 307 g/mol. The molecule has 0 aliphatic heterocycles. The fourth-order valence-electron chi connectivity index (χ4n) is 3.33. The van der Waals surface area contributed by atoms with Gasteiger partial charge >= 0.3 is 0 Å². The molecule has 1 aromatic rings. The maximum atomic E-state index is 4.99. The highest BCUT2D eigenvalue weighted by Crippen LogP contribution is 2.45. The Hall–Kier alpha value is -0.610. The summed E-state index contributed by atoms with van der Waals surface area (Å²) in [4.78, 5) is 8.87. The average Bonchev–Trinajstić information content (AvgIpc) is 3.11. The summed E-state index contributed by atoms with van der Waals surface area (Å²) in [6, 6.07) is 0.504. The summed E-state index contributed by atoms with van der Waals surface area (Å²) in [7, 11) is 2.21. The molecule has 0 bridgehead atoms. The van der Waals surface area contributed by atoms with E-state index in [9.17, 15) is 0 Å². The van der Waals surface area contributed by atoms with Gasteiger partial charge in [0.05, 0.1) is 5.69 Å². The van der Waals surface area contributed by atoms with Gasteiger partial charge < -0.3 is 10.2 Å². The first-order valence-electron chi connectivity index (χ1n) is 8.42. The molecular weight excluding hydrogens is 278 g/mol. The van der Waals surface area contributed by atoms with Gasteiger partial charge in [0.1, 0.15) is 0 Å². The molecule has 1 unspecified atom stereocenters. The second kappa shape index (κ2) is 5.88. The van der Waals surface area contributed by atoms with Gasteiger partial charge in [-0.1, -0.05) is 32.1 Å². The lowest BCUT2D eigenvalue weighted by Crippen LogP contribution is -2.33. The van der Waals surface area contributed by atoms with E-state index in [1.165, 1.54) is 47.9 Å². The molecule has 0 radical (unpaired) electrons. The predicted molar refractivity (Wildman–Crippen MR) is 91.2 cm³/mol. The minimum atomic E-state index is 0.360. The number of fused-ring (bicyclic) bond motifs is 1. The van der Waals surface area contributed by atoms with Crippen molar-refractivity contribution in [1.29, 1.82) is 0 Å². The van der Waals surface area contributed by atoms with Crippen LogP contribution >= 0.6 is 11.3 Å². The molecule has 0 saturated heterocycles. The number of hydrogen-bond acceptors (Lipinski definition) is 4. The summed E-state index contributed by atoms with van der Waals surface area (Å²) in [5, 5.41) is 4.97. The smallest absolute Gasteiger partial charge is 0.185 e. The number of aromatic nitrogens is 1. The summed E-state index contributed by atoms with van der Waals surface area (Å²) in [5.74, 6) is 0.918. The average molecular weight is 308 g/mol. The Morgan fingerprint density at radius 3 is 2.81 bits per heavy atom. The Morgan fingerprint density at radius 2 is 2.14 bits per heavy atom. The van der Waals surface area contributed by atoms with Crippen molar-refractivity contribution in [3.63, 3.8) is 0 Å². The first-order chi connectivity index (χ1) is 9.98. The molecule has 21 heavy (non-hydrogen) atoms. The molecule has 1 saturated carbocycles. The normalized spacial score (nSPS) is 23.9. The van der Waals surface area contributed by atoms with E-state index < -0.39 is 0 Å². The summed E-state index contributed by atoms with van der Waals surface area (Å²) >= 11 is 1.92. The lowest BCUT2D eigenvalue weighted by atomic mass is 9.76. The van der Waals surface area contributed by atoms with E-state index in [1.807, 2.05) is 11.3 Å². The third-order valence-corrected chi connectivity index (χ3v) is 5.96. The quantitative estimate of drug-likeness (QED) is 0.861. The first kappa shape index (κ1) is 15.3. The van der Waals surface area contributed by atoms with Gasteiger partial charge in [-0.15, -0.1) is 0 Å². The van der Waals surface area contributed by atoms with Crippen LogP contribution in [0, 0.1) is 11.3 Å². The van der Waals surface area contributed by atoms with Crippen molar-refractivity contribution in [2.75, 3.05) is 25.0 Å². The minimum absolute atomic E-state index is 0.360. The number of hydrogen-bond donors (Lipinski definition) is 1. The molecule has 1 heterocycles. The van der Waals surface area contributed by atoms with Crippen molar-refractivity contribution >= 4 is 16.5 Å². The molecule has 0 spiro atoms. The molecule has 3 nitrogen and oxygen atoms in total. The molecule has 1 fully saturated rings. The topological polar surface area (TPSA) is 28.2 Å². The van der Waals surface area contributed by atoms with Crippen molar-refractivity contribution in [2.24, 2.45) is 11.3 Å². The zero-order valence-corrected chi connectivity index (χ0v) is 14.7. The zero-order chi connectivity index (χ0) is 15.0. The summed E-state index contributed by atoms with van der Waals surface area (Å²) in [5.41, 5.74) is 1.71. The Morgan fingerprint density at radius 1 is 1.38 bits per heavy atom. The third-order valence-electron chi connectivity index (χ3n) is 4.63. The molecule has 118 valence electrons. The van der Waals surface area contributed by atoms with Crippen LogP contribution in [0.15, 0.2) is 0 Å². The fraction of sp³-hybridized carbons (Fsp3) is 0.824. The molecular formula is C17H29N3S. The summed E-state index contributed by atoms with van der Waals surface area (Å²) in [6.45, 7) is 9.28. The Kier molecular flexibility index (Phi) is 4.28. The number of anilines is 1. The Bertz CT molecular complexity index is 490. The molecule has 0 amide bonds. The number of rotatable bonds is 6. The maximum absolute atomic E-state index is 4.99. The van der Waals surface area contributed by atoms with Crippen molar-refractivity contribution in [2.45, 2.75) is 58.9 Å². The van der Waals surface area contributed by atoms with Gasteiger partial charge in [-0.2, -0.15) is 0 Å². The van der Waals surface area contributed by atoms with Crippen molar-refractivity contribution in [3.8, 4) is 0 Å². The van der Waals surface area contributed by atoms with Crippen molar-refractivity contribution in [1.82, 2.24) is 10.3 Å². The van der Waals surface area contributed by atoms with Crippen LogP contribution in [0.4, 0.5) is 5.13 Å². The Labute approximate surface area is 133 Å². The van der Waals surface area contributed by atoms with E-state index in [4.69, 9.17) is 4.98 Å². The van der Waals surface area contributed by atoms with Crippen LogP contribution in [0.25, 0.3) is 0 Å². The van der Waals surface area contributed by atoms with Crippen molar-refractivity contribution in [3.05, 3.63) is 10.6 Å². The second-order valence-electron chi connectivity index (χ2n) is 7.68. The van der Waals surface area contributed by atoms with Crippen LogP contribution in [0.1, 0.15) is 63.1 Å². The van der Waals surface area contributed by atoms with Gasteiger partial charge in [-0.25, -0.2) is 4.98 Å². The first-order valence-corrected chi connectivity index (χ1v) is 9.24. The van der Waals surface area contributed by atoms with Gasteiger partial charge in [0, 0.05) is 24.5 Å². The Balaban J connectivity index is 1.80. The SMILES string of the molecule is CCCNC1CC(C)(C)Cc2nc(N(C)CC3CC3)sc21. The highest BCUT2D eigenvalue weighted by atomic mass is 32.1. The van der Waals surface area contributed by atoms with Crippen LogP contribution < -0.4 is 10.2 Å². The van der Waals surface area contributed by atoms with Gasteiger partial charge in [-0.05, 0) is 50.0 Å². The third kappa shape index (κ3) is 3.59. The van der Waals surface area contributed by atoms with E-state index in [-0.39, 0.29) is 0 Å². The van der Waals surface area contributed by atoms with Crippen LogP contribution in [-0.4, -0.2) is 25.1 Å². The van der Waals surface area contributed by atoms with Gasteiger partial charge in [0.25, 0.3) is 0 Å². The molecule has 0 aromatic carbocycles. The molecule has 1 atom stereocenters. The molecule has 3 rings (SSSR count). The predicted octanol–water partition coefficient (Wildman–Crippen LogP) is 4.00. The van der Waals surface area contributed by atoms with Crippen LogP contribution in [0.5, 0.6) is 0 Å². The molecule has 4 heteroatoms. The van der Waals surface area contributed by atoms with Crippen molar-refractivity contribution < 1.29 is 0 Å².